The van der Waals surface area contributed by atoms with Crippen LogP contribution >= 0.6 is 0 Å². The summed E-state index contributed by atoms with van der Waals surface area (Å²) < 4.78 is 20.0. The van der Waals surface area contributed by atoms with E-state index in [0.29, 0.717) is 30.6 Å². The number of aryl methyl sites for hydroxylation is 2. The normalized spacial score (nSPS) is 14.7. The number of nitrogens with one attached hydrogen (secondary N) is 1. The van der Waals surface area contributed by atoms with E-state index in [2.05, 4.69) is 15.3 Å². The molecule has 0 aliphatic carbocycles. The second kappa shape index (κ2) is 8.96. The molecule has 3 aromatic rings. The number of rotatable bonds is 6. The lowest BCUT2D eigenvalue weighted by Gasteiger charge is -2.23. The molecule has 7 heteroatoms. The van der Waals surface area contributed by atoms with E-state index in [0.717, 1.165) is 37.2 Å². The summed E-state index contributed by atoms with van der Waals surface area (Å²) >= 11 is 0. The minimum Gasteiger partial charge on any atom is -0.381 e. The molecule has 1 aromatic carbocycles. The van der Waals surface area contributed by atoms with Crippen LogP contribution in [0.2, 0.25) is 0 Å². The fraction of sp³-hybridized carbons (Fsp3) is 0.318. The molecule has 6 nitrogen and oxygen atoms in total. The van der Waals surface area contributed by atoms with E-state index in [1.54, 1.807) is 41.2 Å². The topological polar surface area (TPSA) is 69.0 Å². The van der Waals surface area contributed by atoms with Crippen molar-refractivity contribution in [1.82, 2.24) is 14.5 Å². The van der Waals surface area contributed by atoms with Gasteiger partial charge in [-0.1, -0.05) is 12.1 Å². The second-order valence-corrected chi connectivity index (χ2v) is 7.12. The maximum absolute atomic E-state index is 13.0. The SMILES string of the molecule is O=c1cc(-c2ccnc(NC3CCOCC3)n2)ccn1CCc1ccc(F)cc1. The smallest absolute Gasteiger partial charge is 0.251 e. The summed E-state index contributed by atoms with van der Waals surface area (Å²) in [6.45, 7) is 2.02. The van der Waals surface area contributed by atoms with Gasteiger partial charge in [0.2, 0.25) is 5.95 Å². The number of halogens is 1. The third-order valence-corrected chi connectivity index (χ3v) is 5.06. The van der Waals surface area contributed by atoms with E-state index in [4.69, 9.17) is 4.74 Å². The Balaban J connectivity index is 1.45. The Morgan fingerprint density at radius 1 is 1.14 bits per heavy atom. The fourth-order valence-electron chi connectivity index (χ4n) is 3.37. The van der Waals surface area contributed by atoms with Crippen LogP contribution in [0.4, 0.5) is 10.3 Å². The lowest BCUT2D eigenvalue weighted by atomic mass is 10.1. The predicted octanol–water partition coefficient (Wildman–Crippen LogP) is 3.28. The zero-order chi connectivity index (χ0) is 20.1. The quantitative estimate of drug-likeness (QED) is 0.695. The summed E-state index contributed by atoms with van der Waals surface area (Å²) in [4.78, 5) is 21.4. The van der Waals surface area contributed by atoms with E-state index >= 15 is 0 Å². The fourth-order valence-corrected chi connectivity index (χ4v) is 3.37. The van der Waals surface area contributed by atoms with Gasteiger partial charge in [0.1, 0.15) is 5.82 Å². The molecule has 2 aromatic heterocycles. The molecule has 1 aliphatic heterocycles. The van der Waals surface area contributed by atoms with Crippen molar-refractivity contribution < 1.29 is 9.13 Å². The van der Waals surface area contributed by atoms with Crippen LogP contribution in [0.25, 0.3) is 11.3 Å². The summed E-state index contributed by atoms with van der Waals surface area (Å²) in [5, 5.41) is 3.35. The first-order chi connectivity index (χ1) is 14.2. The molecular formula is C22H23FN4O2. The van der Waals surface area contributed by atoms with Crippen LogP contribution in [0.15, 0.2) is 59.7 Å². The Labute approximate surface area is 168 Å². The van der Waals surface area contributed by atoms with Crippen LogP contribution in [0.5, 0.6) is 0 Å². The largest absolute Gasteiger partial charge is 0.381 e. The number of hydrogen-bond donors (Lipinski definition) is 1. The zero-order valence-electron chi connectivity index (χ0n) is 16.1. The van der Waals surface area contributed by atoms with Crippen molar-refractivity contribution in [3.63, 3.8) is 0 Å². The van der Waals surface area contributed by atoms with Crippen LogP contribution < -0.4 is 10.9 Å². The number of aromatic nitrogens is 3. The van der Waals surface area contributed by atoms with Gasteiger partial charge in [0, 0.05) is 49.8 Å². The predicted molar refractivity (Wildman–Crippen MR) is 109 cm³/mol. The molecular weight excluding hydrogens is 371 g/mol. The average Bonchev–Trinajstić information content (AvgIpc) is 2.75. The van der Waals surface area contributed by atoms with E-state index in [1.165, 1.54) is 12.1 Å². The van der Waals surface area contributed by atoms with Crippen molar-refractivity contribution in [2.75, 3.05) is 18.5 Å². The Morgan fingerprint density at radius 3 is 2.69 bits per heavy atom. The number of anilines is 1. The highest BCUT2D eigenvalue weighted by Crippen LogP contribution is 2.18. The molecule has 1 N–H and O–H groups in total. The third kappa shape index (κ3) is 5.06. The molecule has 1 saturated heterocycles. The Hall–Kier alpha value is -3.06. The van der Waals surface area contributed by atoms with Crippen molar-refractivity contribution in [3.05, 3.63) is 76.6 Å². The number of pyridine rings is 1. The molecule has 3 heterocycles. The van der Waals surface area contributed by atoms with Crippen molar-refractivity contribution in [2.45, 2.75) is 31.8 Å². The van der Waals surface area contributed by atoms with Crippen molar-refractivity contribution in [2.24, 2.45) is 0 Å². The average molecular weight is 394 g/mol. The molecule has 0 spiro atoms. The van der Waals surface area contributed by atoms with Gasteiger partial charge >= 0.3 is 0 Å². The van der Waals surface area contributed by atoms with Crippen molar-refractivity contribution in [3.8, 4) is 11.3 Å². The first-order valence-electron chi connectivity index (χ1n) is 9.80. The highest BCUT2D eigenvalue weighted by molar-refractivity contribution is 5.59. The Kier molecular flexibility index (Phi) is 5.95. The number of nitrogens with zero attached hydrogens (tertiary/aromatic N) is 3. The number of benzene rings is 1. The van der Waals surface area contributed by atoms with E-state index in [-0.39, 0.29) is 11.4 Å². The lowest BCUT2D eigenvalue weighted by molar-refractivity contribution is 0.0903. The molecule has 1 aliphatic rings. The first kappa shape index (κ1) is 19.3. The van der Waals surface area contributed by atoms with Gasteiger partial charge in [0.15, 0.2) is 0 Å². The molecule has 1 fully saturated rings. The number of hydrogen-bond acceptors (Lipinski definition) is 5. The maximum atomic E-state index is 13.0. The molecule has 150 valence electrons. The Morgan fingerprint density at radius 2 is 1.93 bits per heavy atom. The minimum atomic E-state index is -0.259. The molecule has 0 radical (unpaired) electrons. The Bertz CT molecular complexity index is 1010. The van der Waals surface area contributed by atoms with Crippen LogP contribution in [0.3, 0.4) is 0 Å². The monoisotopic (exact) mass is 394 g/mol. The molecule has 29 heavy (non-hydrogen) atoms. The first-order valence-corrected chi connectivity index (χ1v) is 9.80. The molecule has 0 amide bonds. The standard InChI is InChI=1S/C22H23FN4O2/c23-18-3-1-16(2-4-18)6-11-27-12-7-17(15-21(27)28)20-5-10-24-22(26-20)25-19-8-13-29-14-9-19/h1-5,7,10,12,15,19H,6,8-9,11,13-14H2,(H,24,25,26). The van der Waals surface area contributed by atoms with Gasteiger partial charge in [-0.05, 0) is 49.1 Å². The maximum Gasteiger partial charge on any atom is 0.251 e. The second-order valence-electron chi connectivity index (χ2n) is 7.12. The van der Waals surface area contributed by atoms with E-state index < -0.39 is 0 Å². The summed E-state index contributed by atoms with van der Waals surface area (Å²) in [5.41, 5.74) is 2.35. The van der Waals surface area contributed by atoms with Gasteiger partial charge in [-0.15, -0.1) is 0 Å². The molecule has 4 rings (SSSR count). The molecule has 0 atom stereocenters. The third-order valence-electron chi connectivity index (χ3n) is 5.06. The molecule has 0 saturated carbocycles. The van der Waals surface area contributed by atoms with Gasteiger partial charge in [-0.2, -0.15) is 0 Å². The van der Waals surface area contributed by atoms with Crippen molar-refractivity contribution in [1.29, 1.82) is 0 Å². The lowest BCUT2D eigenvalue weighted by Crippen LogP contribution is -2.28. The summed E-state index contributed by atoms with van der Waals surface area (Å²) in [7, 11) is 0. The number of ether oxygens (including phenoxy) is 1. The highest BCUT2D eigenvalue weighted by Gasteiger charge is 2.15. The summed E-state index contributed by atoms with van der Waals surface area (Å²) in [6.07, 6.45) is 5.99. The van der Waals surface area contributed by atoms with Crippen LogP contribution in [0.1, 0.15) is 18.4 Å². The molecule has 0 unspecified atom stereocenters. The van der Waals surface area contributed by atoms with Gasteiger partial charge in [0.05, 0.1) is 5.69 Å². The van der Waals surface area contributed by atoms with Crippen LogP contribution in [-0.2, 0) is 17.7 Å². The van der Waals surface area contributed by atoms with Crippen LogP contribution in [-0.4, -0.2) is 33.8 Å². The van der Waals surface area contributed by atoms with Crippen LogP contribution in [0, 0.1) is 5.82 Å². The summed E-state index contributed by atoms with van der Waals surface area (Å²) in [6, 6.07) is 11.9. The highest BCUT2D eigenvalue weighted by atomic mass is 19.1. The van der Waals surface area contributed by atoms with E-state index in [1.807, 2.05) is 6.07 Å². The van der Waals surface area contributed by atoms with Crippen molar-refractivity contribution >= 4 is 5.95 Å². The van der Waals surface area contributed by atoms with Gasteiger partial charge < -0.3 is 14.6 Å². The molecule has 0 bridgehead atoms. The van der Waals surface area contributed by atoms with Gasteiger partial charge in [0.25, 0.3) is 5.56 Å². The minimum absolute atomic E-state index is 0.0952. The van der Waals surface area contributed by atoms with Gasteiger partial charge in [-0.25, -0.2) is 14.4 Å². The summed E-state index contributed by atoms with van der Waals surface area (Å²) in [5.74, 6) is 0.306. The zero-order valence-corrected chi connectivity index (χ0v) is 16.1. The van der Waals surface area contributed by atoms with E-state index in [9.17, 15) is 9.18 Å². The van der Waals surface area contributed by atoms with Gasteiger partial charge in [-0.3, -0.25) is 4.79 Å².